The number of hydrogen-bond acceptors (Lipinski definition) is 3. The average molecular weight is 455 g/mol. The van der Waals surface area contributed by atoms with Crippen molar-refractivity contribution in [1.29, 1.82) is 0 Å². The lowest BCUT2D eigenvalue weighted by Crippen LogP contribution is -2.08. The van der Waals surface area contributed by atoms with E-state index in [2.05, 4.69) is 91.1 Å². The Labute approximate surface area is 205 Å². The molecule has 1 atom stereocenters. The van der Waals surface area contributed by atoms with Crippen LogP contribution in [0.15, 0.2) is 79.7 Å². The van der Waals surface area contributed by atoms with Crippen molar-refractivity contribution in [3.63, 3.8) is 0 Å². The van der Waals surface area contributed by atoms with Gasteiger partial charge in [-0.05, 0) is 50.2 Å². The molecule has 0 saturated carbocycles. The van der Waals surface area contributed by atoms with Crippen LogP contribution in [0.1, 0.15) is 63.5 Å². The first-order valence-electron chi connectivity index (χ1n) is 12.6. The number of ether oxygens (including phenoxy) is 1. The van der Waals surface area contributed by atoms with E-state index in [0.717, 1.165) is 54.8 Å². The second-order valence-corrected chi connectivity index (χ2v) is 8.82. The summed E-state index contributed by atoms with van der Waals surface area (Å²) < 4.78 is 5.87. The van der Waals surface area contributed by atoms with Gasteiger partial charge in [0.15, 0.2) is 0 Å². The summed E-state index contributed by atoms with van der Waals surface area (Å²) in [5.74, 6) is 0. The molecule has 178 valence electrons. The van der Waals surface area contributed by atoms with E-state index in [4.69, 9.17) is 4.74 Å². The van der Waals surface area contributed by atoms with Gasteiger partial charge in [0.25, 0.3) is 0 Å². The van der Waals surface area contributed by atoms with Crippen LogP contribution in [0, 0.1) is 0 Å². The molecule has 3 heteroatoms. The van der Waals surface area contributed by atoms with Crippen molar-refractivity contribution in [2.75, 3.05) is 6.61 Å². The third-order valence-electron chi connectivity index (χ3n) is 5.93. The number of nitrogens with zero attached hydrogens (tertiary/aromatic N) is 2. The van der Waals surface area contributed by atoms with Gasteiger partial charge in [0.2, 0.25) is 0 Å². The normalized spacial score (nSPS) is 12.2. The molecule has 1 heterocycles. The van der Waals surface area contributed by atoms with Crippen LogP contribution in [0.4, 0.5) is 0 Å². The molecular formula is C31H38N2O. The number of unbranched alkanes of at least 4 members (excludes halogenated alkanes) is 3. The van der Waals surface area contributed by atoms with E-state index < -0.39 is 0 Å². The van der Waals surface area contributed by atoms with Crippen LogP contribution in [0.2, 0.25) is 0 Å². The highest BCUT2D eigenvalue weighted by molar-refractivity contribution is 5.64. The fourth-order valence-corrected chi connectivity index (χ4v) is 3.83. The SMILES string of the molecule is C=CCc1ccc(-c2cnc(-c3ccc(/C=C/CCCC(C)OCCCCC)cc3)cn2)cc1. The Morgan fingerprint density at radius 1 is 0.882 bits per heavy atom. The van der Waals surface area contributed by atoms with Gasteiger partial charge >= 0.3 is 0 Å². The maximum atomic E-state index is 5.87. The number of allylic oxidation sites excluding steroid dienone is 2. The lowest BCUT2D eigenvalue weighted by Gasteiger charge is -2.11. The Hall–Kier alpha value is -3.04. The van der Waals surface area contributed by atoms with Crippen molar-refractivity contribution in [1.82, 2.24) is 9.97 Å². The monoisotopic (exact) mass is 454 g/mol. The summed E-state index contributed by atoms with van der Waals surface area (Å²) >= 11 is 0. The maximum absolute atomic E-state index is 5.87. The van der Waals surface area contributed by atoms with Crippen LogP contribution < -0.4 is 0 Å². The van der Waals surface area contributed by atoms with Gasteiger partial charge in [-0.1, -0.05) is 86.5 Å². The van der Waals surface area contributed by atoms with E-state index in [-0.39, 0.29) is 0 Å². The van der Waals surface area contributed by atoms with Crippen LogP contribution >= 0.6 is 0 Å². The number of aromatic nitrogens is 2. The van der Waals surface area contributed by atoms with Crippen LogP contribution in [-0.2, 0) is 11.2 Å². The molecule has 1 aromatic heterocycles. The summed E-state index contributed by atoms with van der Waals surface area (Å²) in [6.45, 7) is 9.09. The molecule has 0 amide bonds. The Bertz CT molecular complexity index is 1000. The van der Waals surface area contributed by atoms with Gasteiger partial charge in [0.1, 0.15) is 0 Å². The highest BCUT2D eigenvalue weighted by atomic mass is 16.5. The molecule has 3 rings (SSSR count). The van der Waals surface area contributed by atoms with Gasteiger partial charge in [0.05, 0.1) is 29.9 Å². The minimum atomic E-state index is 0.355. The summed E-state index contributed by atoms with van der Waals surface area (Å²) in [5, 5.41) is 0. The smallest absolute Gasteiger partial charge is 0.0885 e. The van der Waals surface area contributed by atoms with Crippen LogP contribution in [-0.4, -0.2) is 22.7 Å². The average Bonchev–Trinajstić information content (AvgIpc) is 2.88. The van der Waals surface area contributed by atoms with E-state index in [1.54, 1.807) is 0 Å². The van der Waals surface area contributed by atoms with E-state index in [1.165, 1.54) is 30.4 Å². The number of benzene rings is 2. The van der Waals surface area contributed by atoms with Gasteiger partial charge in [-0.3, -0.25) is 9.97 Å². The van der Waals surface area contributed by atoms with Gasteiger partial charge in [-0.15, -0.1) is 6.58 Å². The van der Waals surface area contributed by atoms with E-state index in [1.807, 2.05) is 18.5 Å². The molecule has 34 heavy (non-hydrogen) atoms. The fraction of sp³-hybridized carbons (Fsp3) is 0.355. The van der Waals surface area contributed by atoms with Crippen LogP contribution in [0.25, 0.3) is 28.6 Å². The zero-order valence-corrected chi connectivity index (χ0v) is 20.7. The minimum Gasteiger partial charge on any atom is -0.379 e. The molecule has 3 nitrogen and oxygen atoms in total. The molecular weight excluding hydrogens is 416 g/mol. The molecule has 0 spiro atoms. The number of rotatable bonds is 14. The molecule has 0 fully saturated rings. The molecule has 0 aliphatic heterocycles. The summed E-state index contributed by atoms with van der Waals surface area (Å²) in [7, 11) is 0. The molecule has 1 unspecified atom stereocenters. The largest absolute Gasteiger partial charge is 0.379 e. The van der Waals surface area contributed by atoms with Gasteiger partial charge in [0, 0.05) is 17.7 Å². The van der Waals surface area contributed by atoms with Gasteiger partial charge < -0.3 is 4.74 Å². The Morgan fingerprint density at radius 3 is 2.12 bits per heavy atom. The molecule has 0 aliphatic rings. The highest BCUT2D eigenvalue weighted by Gasteiger charge is 2.04. The Kier molecular flexibility index (Phi) is 10.7. The van der Waals surface area contributed by atoms with Crippen molar-refractivity contribution in [2.24, 2.45) is 0 Å². The lowest BCUT2D eigenvalue weighted by molar-refractivity contribution is 0.0566. The highest BCUT2D eigenvalue weighted by Crippen LogP contribution is 2.21. The van der Waals surface area contributed by atoms with Crippen LogP contribution in [0.3, 0.4) is 0 Å². The standard InChI is InChI=1S/C31H38N2O/c1-4-6-10-22-34-25(3)12-8-7-9-13-27-16-20-29(21-17-27)31-24-32-30(23-33-31)28-18-14-26(11-5-2)15-19-28/h5,9,13-21,23-25H,2,4,6-8,10-12,22H2,1,3H3/b13-9+. The summed E-state index contributed by atoms with van der Waals surface area (Å²) in [4.78, 5) is 9.27. The molecule has 0 aliphatic carbocycles. The predicted molar refractivity (Wildman–Crippen MR) is 145 cm³/mol. The third kappa shape index (κ3) is 8.39. The fourth-order valence-electron chi connectivity index (χ4n) is 3.83. The second-order valence-electron chi connectivity index (χ2n) is 8.82. The molecule has 0 saturated heterocycles. The molecule has 3 aromatic rings. The molecule has 2 aromatic carbocycles. The van der Waals surface area contributed by atoms with E-state index >= 15 is 0 Å². The zero-order valence-electron chi connectivity index (χ0n) is 20.7. The van der Waals surface area contributed by atoms with Gasteiger partial charge in [-0.25, -0.2) is 0 Å². The summed E-state index contributed by atoms with van der Waals surface area (Å²) in [5.41, 5.74) is 6.37. The minimum absolute atomic E-state index is 0.355. The molecule has 0 N–H and O–H groups in total. The Balaban J connectivity index is 1.46. The van der Waals surface area contributed by atoms with Crippen LogP contribution in [0.5, 0.6) is 0 Å². The maximum Gasteiger partial charge on any atom is 0.0885 e. The Morgan fingerprint density at radius 2 is 1.53 bits per heavy atom. The lowest BCUT2D eigenvalue weighted by atomic mass is 10.1. The first-order valence-corrected chi connectivity index (χ1v) is 12.6. The zero-order chi connectivity index (χ0) is 24.0. The molecule has 0 bridgehead atoms. The third-order valence-corrected chi connectivity index (χ3v) is 5.93. The summed E-state index contributed by atoms with van der Waals surface area (Å²) in [6, 6.07) is 16.9. The first kappa shape index (κ1) is 25.6. The van der Waals surface area contributed by atoms with Crippen molar-refractivity contribution in [2.45, 2.75) is 64.9 Å². The predicted octanol–water partition coefficient (Wildman–Crippen LogP) is 8.32. The second kappa shape index (κ2) is 14.3. The number of hydrogen-bond donors (Lipinski definition) is 0. The molecule has 0 radical (unpaired) electrons. The van der Waals surface area contributed by atoms with Crippen molar-refractivity contribution >= 4 is 6.08 Å². The summed E-state index contributed by atoms with van der Waals surface area (Å²) in [6.07, 6.45) is 18.3. The first-order chi connectivity index (χ1) is 16.7. The van der Waals surface area contributed by atoms with Gasteiger partial charge in [-0.2, -0.15) is 0 Å². The van der Waals surface area contributed by atoms with Crippen molar-refractivity contribution in [3.8, 4) is 22.5 Å². The van der Waals surface area contributed by atoms with Crippen molar-refractivity contribution in [3.05, 3.63) is 90.8 Å². The van der Waals surface area contributed by atoms with E-state index in [0.29, 0.717) is 6.10 Å². The topological polar surface area (TPSA) is 35.0 Å². The van der Waals surface area contributed by atoms with E-state index in [9.17, 15) is 0 Å². The quantitative estimate of drug-likeness (QED) is 0.181. The van der Waals surface area contributed by atoms with Crippen molar-refractivity contribution < 1.29 is 4.74 Å².